The van der Waals surface area contributed by atoms with Gasteiger partial charge in [0.05, 0.1) is 18.7 Å². The summed E-state index contributed by atoms with van der Waals surface area (Å²) in [6.45, 7) is 13.5. The lowest BCUT2D eigenvalue weighted by Gasteiger charge is -2.44. The molecule has 0 spiro atoms. The van der Waals surface area contributed by atoms with Crippen molar-refractivity contribution in [1.29, 1.82) is 0 Å². The lowest BCUT2D eigenvalue weighted by Crippen LogP contribution is -2.66. The molecule has 0 saturated heterocycles. The molecule has 1 aliphatic carbocycles. The number of nitrogens with zero attached hydrogens (tertiary/aromatic N) is 2. The SMILES string of the molecule is CC(C)(C)OC(=O)Cc1cnn(C2CCC(CO[Si](c3ccccc3)(c3ccccc3)C(C)(C)C)CC2)c1. The number of ether oxygens (including phenoxy) is 1. The van der Waals surface area contributed by atoms with Gasteiger partial charge in [0.1, 0.15) is 5.60 Å². The van der Waals surface area contributed by atoms with E-state index in [9.17, 15) is 4.79 Å². The summed E-state index contributed by atoms with van der Waals surface area (Å²) in [5.41, 5.74) is 0.443. The first-order valence-electron chi connectivity index (χ1n) is 14.0. The maximum atomic E-state index is 12.2. The summed E-state index contributed by atoms with van der Waals surface area (Å²) < 4.78 is 14.7. The Morgan fingerprint density at radius 1 is 0.895 bits per heavy atom. The van der Waals surface area contributed by atoms with Gasteiger partial charge in [0.15, 0.2) is 0 Å². The molecule has 1 heterocycles. The fourth-order valence-electron chi connectivity index (χ4n) is 5.79. The van der Waals surface area contributed by atoms with Crippen molar-refractivity contribution in [2.24, 2.45) is 5.92 Å². The summed E-state index contributed by atoms with van der Waals surface area (Å²) in [7, 11) is -2.51. The Hall–Kier alpha value is -2.70. The summed E-state index contributed by atoms with van der Waals surface area (Å²) in [6, 6.07) is 22.1. The highest BCUT2D eigenvalue weighted by atomic mass is 28.4. The highest BCUT2D eigenvalue weighted by Gasteiger charge is 2.50. The van der Waals surface area contributed by atoms with Crippen LogP contribution in [0.1, 0.15) is 78.8 Å². The maximum Gasteiger partial charge on any atom is 0.310 e. The first-order valence-corrected chi connectivity index (χ1v) is 15.9. The molecule has 0 aliphatic heterocycles. The number of carbonyl (C=O) groups excluding carboxylic acids is 1. The standard InChI is InChI=1S/C32H44N2O3Si/c1-31(2,3)37-30(35)21-26-22-33-34(23-26)27-19-17-25(18-20-27)24-36-38(32(4,5)6,28-13-9-7-10-14-28)29-15-11-8-12-16-29/h7-16,22-23,25,27H,17-21,24H2,1-6H3. The van der Waals surface area contributed by atoms with E-state index < -0.39 is 13.9 Å². The van der Waals surface area contributed by atoms with Crippen LogP contribution < -0.4 is 10.4 Å². The Balaban J connectivity index is 1.42. The van der Waals surface area contributed by atoms with Gasteiger partial charge in [-0.3, -0.25) is 9.48 Å². The summed E-state index contributed by atoms with van der Waals surface area (Å²) in [5, 5.41) is 7.26. The third-order valence-electron chi connectivity index (χ3n) is 7.57. The Kier molecular flexibility index (Phi) is 8.63. The van der Waals surface area contributed by atoms with Crippen LogP contribution >= 0.6 is 0 Å². The van der Waals surface area contributed by atoms with Crippen LogP contribution in [-0.2, 0) is 20.4 Å². The van der Waals surface area contributed by atoms with Gasteiger partial charge in [-0.25, -0.2) is 0 Å². The molecule has 1 fully saturated rings. The fraction of sp³-hybridized carbons (Fsp3) is 0.500. The van der Waals surface area contributed by atoms with Gasteiger partial charge in [-0.2, -0.15) is 5.10 Å². The Labute approximate surface area is 229 Å². The second-order valence-corrected chi connectivity index (χ2v) is 17.0. The smallest absolute Gasteiger partial charge is 0.310 e. The Morgan fingerprint density at radius 3 is 1.95 bits per heavy atom. The second kappa shape index (κ2) is 11.6. The number of hydrogen-bond donors (Lipinski definition) is 0. The number of aromatic nitrogens is 2. The molecule has 0 amide bonds. The normalized spacial score (nSPS) is 18.8. The van der Waals surface area contributed by atoms with Crippen LogP contribution in [0.25, 0.3) is 0 Å². The second-order valence-electron chi connectivity index (χ2n) is 12.7. The molecular formula is C32H44N2O3Si. The largest absolute Gasteiger partial charge is 0.460 e. The third-order valence-corrected chi connectivity index (χ3v) is 12.6. The topological polar surface area (TPSA) is 53.3 Å². The monoisotopic (exact) mass is 532 g/mol. The lowest BCUT2D eigenvalue weighted by atomic mass is 9.87. The van der Waals surface area contributed by atoms with E-state index in [1.54, 1.807) is 0 Å². The minimum atomic E-state index is -2.51. The zero-order chi connectivity index (χ0) is 27.4. The molecule has 2 aromatic carbocycles. The molecule has 0 N–H and O–H groups in total. The summed E-state index contributed by atoms with van der Waals surface area (Å²) >= 11 is 0. The molecule has 5 nitrogen and oxygen atoms in total. The first kappa shape index (κ1) is 28.3. The quantitative estimate of drug-likeness (QED) is 0.261. The number of esters is 1. The van der Waals surface area contributed by atoms with Gasteiger partial charge in [-0.1, -0.05) is 81.4 Å². The van der Waals surface area contributed by atoms with Crippen molar-refractivity contribution in [1.82, 2.24) is 9.78 Å². The third kappa shape index (κ3) is 6.64. The zero-order valence-corrected chi connectivity index (χ0v) is 24.9. The molecule has 0 radical (unpaired) electrons. The summed E-state index contributed by atoms with van der Waals surface area (Å²) in [6.07, 6.45) is 8.47. The van der Waals surface area contributed by atoms with Crippen LogP contribution in [0.5, 0.6) is 0 Å². The van der Waals surface area contributed by atoms with E-state index in [-0.39, 0.29) is 17.4 Å². The van der Waals surface area contributed by atoms with Gasteiger partial charge in [-0.15, -0.1) is 0 Å². The van der Waals surface area contributed by atoms with E-state index in [1.165, 1.54) is 10.4 Å². The molecule has 1 aromatic heterocycles. The van der Waals surface area contributed by atoms with E-state index in [0.717, 1.165) is 37.9 Å². The van der Waals surface area contributed by atoms with Crippen LogP contribution in [0.15, 0.2) is 73.1 Å². The van der Waals surface area contributed by atoms with Crippen molar-refractivity contribution in [3.8, 4) is 0 Å². The van der Waals surface area contributed by atoms with Gasteiger partial charge in [0.2, 0.25) is 0 Å². The molecular weight excluding hydrogens is 488 g/mol. The van der Waals surface area contributed by atoms with E-state index in [1.807, 2.05) is 33.2 Å². The molecule has 0 unspecified atom stereocenters. The molecule has 1 aliphatic rings. The average molecular weight is 533 g/mol. The first-order chi connectivity index (χ1) is 18.0. The summed E-state index contributed by atoms with van der Waals surface area (Å²) in [5.74, 6) is 0.325. The van der Waals surface area contributed by atoms with Crippen LogP contribution in [0.4, 0.5) is 0 Å². The van der Waals surface area contributed by atoms with Crippen molar-refractivity contribution in [3.63, 3.8) is 0 Å². The van der Waals surface area contributed by atoms with Crippen molar-refractivity contribution < 1.29 is 14.0 Å². The van der Waals surface area contributed by atoms with Crippen molar-refractivity contribution in [2.45, 2.75) is 90.3 Å². The van der Waals surface area contributed by atoms with Gasteiger partial charge in [0.25, 0.3) is 8.32 Å². The van der Waals surface area contributed by atoms with Crippen molar-refractivity contribution in [2.75, 3.05) is 6.61 Å². The molecule has 1 saturated carbocycles. The number of rotatable bonds is 8. The molecule has 0 bridgehead atoms. The van der Waals surface area contributed by atoms with Gasteiger partial charge in [0, 0.05) is 18.4 Å². The van der Waals surface area contributed by atoms with E-state index in [2.05, 4.69) is 91.2 Å². The van der Waals surface area contributed by atoms with E-state index in [4.69, 9.17) is 9.16 Å². The fourth-order valence-corrected chi connectivity index (χ4v) is 10.4. The van der Waals surface area contributed by atoms with Gasteiger partial charge in [-0.05, 0) is 67.8 Å². The van der Waals surface area contributed by atoms with Crippen molar-refractivity contribution >= 4 is 24.7 Å². The van der Waals surface area contributed by atoms with Crippen LogP contribution in [0, 0.1) is 5.92 Å². The lowest BCUT2D eigenvalue weighted by molar-refractivity contribution is -0.153. The van der Waals surface area contributed by atoms with Gasteiger partial charge < -0.3 is 9.16 Å². The average Bonchev–Trinajstić information content (AvgIpc) is 3.32. The number of hydrogen-bond acceptors (Lipinski definition) is 4. The predicted molar refractivity (Wildman–Crippen MR) is 156 cm³/mol. The number of carbonyl (C=O) groups is 1. The minimum absolute atomic E-state index is 0.00743. The predicted octanol–water partition coefficient (Wildman–Crippen LogP) is 6.08. The molecule has 38 heavy (non-hydrogen) atoms. The molecule has 6 heteroatoms. The number of benzene rings is 2. The molecule has 4 rings (SSSR count). The van der Waals surface area contributed by atoms with E-state index >= 15 is 0 Å². The Morgan fingerprint density at radius 2 is 1.45 bits per heavy atom. The highest BCUT2D eigenvalue weighted by molar-refractivity contribution is 6.99. The summed E-state index contributed by atoms with van der Waals surface area (Å²) in [4.78, 5) is 12.2. The molecule has 204 valence electrons. The van der Waals surface area contributed by atoms with Crippen LogP contribution in [0.2, 0.25) is 5.04 Å². The Bertz CT molecular complexity index is 1130. The zero-order valence-electron chi connectivity index (χ0n) is 23.9. The maximum absolute atomic E-state index is 12.2. The van der Waals surface area contributed by atoms with Crippen molar-refractivity contribution in [3.05, 3.63) is 78.6 Å². The highest BCUT2D eigenvalue weighted by Crippen LogP contribution is 2.39. The van der Waals surface area contributed by atoms with Crippen LogP contribution in [0.3, 0.4) is 0 Å². The molecule has 0 atom stereocenters. The molecule has 3 aromatic rings. The minimum Gasteiger partial charge on any atom is -0.460 e. The van der Waals surface area contributed by atoms with E-state index in [0.29, 0.717) is 12.0 Å². The van der Waals surface area contributed by atoms with Gasteiger partial charge >= 0.3 is 5.97 Å². The van der Waals surface area contributed by atoms with Crippen LogP contribution in [-0.4, -0.2) is 36.3 Å².